The number of aliphatic carboxylic acids is 1. The summed E-state index contributed by atoms with van der Waals surface area (Å²) in [5.74, 6) is -0.774. The van der Waals surface area contributed by atoms with Crippen molar-refractivity contribution in [2.75, 3.05) is 26.2 Å². The third-order valence-electron chi connectivity index (χ3n) is 5.41. The molecular formula is C18H20N2O3S. The fourth-order valence-corrected chi connectivity index (χ4v) is 5.27. The fourth-order valence-electron chi connectivity index (χ4n) is 4.17. The molecule has 1 aromatic carbocycles. The van der Waals surface area contributed by atoms with Crippen LogP contribution in [0.15, 0.2) is 30.3 Å². The lowest BCUT2D eigenvalue weighted by atomic mass is 9.81. The van der Waals surface area contributed by atoms with E-state index in [2.05, 4.69) is 23.1 Å². The SMILES string of the molecule is CC(=O)N1CC2CN(Cc3cc4ccccc4s3)CC2(C(=O)O)C1. The van der Waals surface area contributed by atoms with Crippen molar-refractivity contribution >= 4 is 33.3 Å². The van der Waals surface area contributed by atoms with Crippen molar-refractivity contribution in [1.82, 2.24) is 9.80 Å². The zero-order valence-electron chi connectivity index (χ0n) is 13.6. The van der Waals surface area contributed by atoms with Crippen molar-refractivity contribution in [3.63, 3.8) is 0 Å². The standard InChI is InChI=1S/C18H20N2O3S/c1-12(21)20-8-14-7-19(10-18(14,11-20)17(22)23)9-15-6-13-4-2-3-5-16(13)24-15/h2-6,14H,7-11H2,1H3,(H,22,23). The fraction of sp³-hybridized carbons (Fsp3) is 0.444. The monoisotopic (exact) mass is 344 g/mol. The molecule has 2 aliphatic heterocycles. The van der Waals surface area contributed by atoms with E-state index >= 15 is 0 Å². The predicted molar refractivity (Wildman–Crippen MR) is 92.9 cm³/mol. The van der Waals surface area contributed by atoms with Gasteiger partial charge < -0.3 is 10.0 Å². The first kappa shape index (κ1) is 15.6. The van der Waals surface area contributed by atoms with Crippen molar-refractivity contribution in [3.8, 4) is 0 Å². The molecule has 2 saturated heterocycles. The maximum atomic E-state index is 11.9. The Morgan fingerprint density at radius 3 is 2.75 bits per heavy atom. The number of hydrogen-bond acceptors (Lipinski definition) is 4. The van der Waals surface area contributed by atoms with Gasteiger partial charge in [0.25, 0.3) is 0 Å². The molecule has 2 atom stereocenters. The van der Waals surface area contributed by atoms with Gasteiger partial charge in [-0.25, -0.2) is 0 Å². The van der Waals surface area contributed by atoms with E-state index in [-0.39, 0.29) is 11.8 Å². The minimum absolute atomic E-state index is 0.0216. The second-order valence-corrected chi connectivity index (χ2v) is 8.15. The summed E-state index contributed by atoms with van der Waals surface area (Å²) >= 11 is 1.77. The van der Waals surface area contributed by atoms with E-state index in [1.54, 1.807) is 16.2 Å². The molecule has 5 nitrogen and oxygen atoms in total. The average Bonchev–Trinajstić information content (AvgIpc) is 3.16. The zero-order chi connectivity index (χ0) is 16.9. The topological polar surface area (TPSA) is 60.9 Å². The molecule has 2 fully saturated rings. The first-order chi connectivity index (χ1) is 11.5. The van der Waals surface area contributed by atoms with Gasteiger partial charge in [-0.2, -0.15) is 0 Å². The molecule has 0 saturated carbocycles. The molecule has 1 aromatic heterocycles. The maximum Gasteiger partial charge on any atom is 0.313 e. The second kappa shape index (κ2) is 5.57. The lowest BCUT2D eigenvalue weighted by Gasteiger charge is -2.24. The molecule has 0 bridgehead atoms. The number of carbonyl (C=O) groups is 2. The van der Waals surface area contributed by atoms with Gasteiger partial charge in [0.2, 0.25) is 5.91 Å². The Bertz CT molecular complexity index is 784. The van der Waals surface area contributed by atoms with Crippen LogP contribution in [0.1, 0.15) is 11.8 Å². The third kappa shape index (κ3) is 2.41. The highest BCUT2D eigenvalue weighted by atomic mass is 32.1. The minimum atomic E-state index is -0.803. The summed E-state index contributed by atoms with van der Waals surface area (Å²) in [6.07, 6.45) is 0. The quantitative estimate of drug-likeness (QED) is 0.928. The number of carbonyl (C=O) groups excluding carboxylic acids is 1. The summed E-state index contributed by atoms with van der Waals surface area (Å²) < 4.78 is 1.27. The Hall–Kier alpha value is -1.92. The van der Waals surface area contributed by atoms with Crippen LogP contribution in [0.3, 0.4) is 0 Å². The largest absolute Gasteiger partial charge is 0.481 e. The minimum Gasteiger partial charge on any atom is -0.481 e. The number of nitrogens with zero attached hydrogens (tertiary/aromatic N) is 2. The predicted octanol–water partition coefficient (Wildman–Crippen LogP) is 2.27. The smallest absolute Gasteiger partial charge is 0.313 e. The van der Waals surface area contributed by atoms with E-state index in [0.29, 0.717) is 19.6 Å². The lowest BCUT2D eigenvalue weighted by Crippen LogP contribution is -2.41. The average molecular weight is 344 g/mol. The Morgan fingerprint density at radius 1 is 1.29 bits per heavy atom. The molecule has 1 amide bonds. The number of benzene rings is 1. The van der Waals surface area contributed by atoms with Crippen molar-refractivity contribution < 1.29 is 14.7 Å². The van der Waals surface area contributed by atoms with Gasteiger partial charge in [-0.1, -0.05) is 18.2 Å². The first-order valence-electron chi connectivity index (χ1n) is 8.17. The Morgan fingerprint density at radius 2 is 2.08 bits per heavy atom. The summed E-state index contributed by atoms with van der Waals surface area (Å²) in [6, 6.07) is 10.5. The van der Waals surface area contributed by atoms with Gasteiger partial charge in [-0.15, -0.1) is 11.3 Å². The third-order valence-corrected chi connectivity index (χ3v) is 6.51. The van der Waals surface area contributed by atoms with E-state index in [0.717, 1.165) is 13.1 Å². The van der Waals surface area contributed by atoms with Gasteiger partial charge in [0, 0.05) is 55.1 Å². The van der Waals surface area contributed by atoms with Crippen LogP contribution in [0.25, 0.3) is 10.1 Å². The van der Waals surface area contributed by atoms with Crippen LogP contribution < -0.4 is 0 Å². The maximum absolute atomic E-state index is 11.9. The van der Waals surface area contributed by atoms with Crippen LogP contribution in [-0.2, 0) is 16.1 Å². The molecule has 0 aliphatic carbocycles. The zero-order valence-corrected chi connectivity index (χ0v) is 14.4. The normalized spacial score (nSPS) is 26.9. The van der Waals surface area contributed by atoms with E-state index in [9.17, 15) is 14.7 Å². The second-order valence-electron chi connectivity index (χ2n) is 6.98. The summed E-state index contributed by atoms with van der Waals surface area (Å²) in [5.41, 5.74) is -0.803. The van der Waals surface area contributed by atoms with Gasteiger partial charge >= 0.3 is 5.97 Å². The first-order valence-corrected chi connectivity index (χ1v) is 8.98. The summed E-state index contributed by atoms with van der Waals surface area (Å²) in [4.78, 5) is 28.8. The highest BCUT2D eigenvalue weighted by Gasteiger charge is 2.58. The van der Waals surface area contributed by atoms with Gasteiger partial charge in [0.1, 0.15) is 5.41 Å². The molecule has 0 spiro atoms. The Labute approximate surface area is 144 Å². The van der Waals surface area contributed by atoms with E-state index in [4.69, 9.17) is 0 Å². The number of likely N-dealkylation sites (tertiary alicyclic amines) is 2. The van der Waals surface area contributed by atoms with Crippen molar-refractivity contribution in [2.45, 2.75) is 13.5 Å². The van der Waals surface area contributed by atoms with Crippen molar-refractivity contribution in [2.24, 2.45) is 11.3 Å². The molecule has 1 N–H and O–H groups in total. The molecule has 2 aromatic rings. The number of thiophene rings is 1. The Kier molecular flexibility index (Phi) is 3.62. The van der Waals surface area contributed by atoms with Gasteiger partial charge in [0.05, 0.1) is 0 Å². The Balaban J connectivity index is 1.53. The lowest BCUT2D eigenvalue weighted by molar-refractivity contribution is -0.149. The number of amides is 1. The van der Waals surface area contributed by atoms with Crippen LogP contribution in [0.5, 0.6) is 0 Å². The molecule has 3 heterocycles. The number of fused-ring (bicyclic) bond motifs is 2. The molecular weight excluding hydrogens is 324 g/mol. The molecule has 2 aliphatic rings. The molecule has 126 valence electrons. The highest BCUT2D eigenvalue weighted by molar-refractivity contribution is 7.19. The summed E-state index contributed by atoms with van der Waals surface area (Å²) in [5, 5.41) is 11.1. The summed E-state index contributed by atoms with van der Waals surface area (Å²) in [6.45, 7) is 4.46. The van der Waals surface area contributed by atoms with Gasteiger partial charge in [-0.05, 0) is 17.5 Å². The van der Waals surface area contributed by atoms with Crippen LogP contribution in [0.2, 0.25) is 0 Å². The molecule has 24 heavy (non-hydrogen) atoms. The van der Waals surface area contributed by atoms with Crippen LogP contribution in [0.4, 0.5) is 0 Å². The van der Waals surface area contributed by atoms with E-state index < -0.39 is 11.4 Å². The van der Waals surface area contributed by atoms with Crippen molar-refractivity contribution in [3.05, 3.63) is 35.2 Å². The van der Waals surface area contributed by atoms with Crippen LogP contribution >= 0.6 is 11.3 Å². The molecule has 2 unspecified atom stereocenters. The number of carboxylic acid groups (broad SMARTS) is 1. The van der Waals surface area contributed by atoms with Gasteiger partial charge in [-0.3, -0.25) is 14.5 Å². The summed E-state index contributed by atoms with van der Waals surface area (Å²) in [7, 11) is 0. The van der Waals surface area contributed by atoms with E-state index in [1.807, 2.05) is 12.1 Å². The number of carboxylic acids is 1. The number of rotatable bonds is 3. The van der Waals surface area contributed by atoms with Crippen LogP contribution in [-0.4, -0.2) is 53.0 Å². The molecule has 0 radical (unpaired) electrons. The molecule has 6 heteroatoms. The highest BCUT2D eigenvalue weighted by Crippen LogP contribution is 2.43. The number of hydrogen-bond donors (Lipinski definition) is 1. The molecule has 4 rings (SSSR count). The van der Waals surface area contributed by atoms with E-state index in [1.165, 1.54) is 21.9 Å². The van der Waals surface area contributed by atoms with Crippen LogP contribution in [0, 0.1) is 11.3 Å². The van der Waals surface area contributed by atoms with Crippen molar-refractivity contribution in [1.29, 1.82) is 0 Å². The van der Waals surface area contributed by atoms with Gasteiger partial charge in [0.15, 0.2) is 0 Å².